The topological polar surface area (TPSA) is 57.6 Å². The van der Waals surface area contributed by atoms with Crippen LogP contribution in [0, 0.1) is 5.92 Å². The first-order chi connectivity index (χ1) is 11.3. The molecule has 4 nitrogen and oxygen atoms in total. The number of rotatable bonds is 4. The Morgan fingerprint density at radius 3 is 2.62 bits per heavy atom. The van der Waals surface area contributed by atoms with Crippen molar-refractivity contribution in [3.8, 4) is 0 Å². The minimum Gasteiger partial charge on any atom is -0.481 e. The highest BCUT2D eigenvalue weighted by atomic mass is 19.4. The minimum absolute atomic E-state index is 0.0499. The summed E-state index contributed by atoms with van der Waals surface area (Å²) < 4.78 is 38.2. The van der Waals surface area contributed by atoms with Gasteiger partial charge in [-0.25, -0.2) is 0 Å². The van der Waals surface area contributed by atoms with E-state index in [1.54, 1.807) is 4.90 Å². The van der Waals surface area contributed by atoms with Crippen molar-refractivity contribution in [2.24, 2.45) is 5.92 Å². The lowest BCUT2D eigenvalue weighted by Crippen LogP contribution is -2.33. The Morgan fingerprint density at radius 2 is 1.96 bits per heavy atom. The van der Waals surface area contributed by atoms with Crippen LogP contribution < -0.4 is 0 Å². The van der Waals surface area contributed by atoms with Crippen molar-refractivity contribution in [3.05, 3.63) is 35.4 Å². The van der Waals surface area contributed by atoms with Gasteiger partial charge >= 0.3 is 12.1 Å². The van der Waals surface area contributed by atoms with E-state index in [-0.39, 0.29) is 24.7 Å². The molecule has 1 aromatic carbocycles. The maximum atomic E-state index is 12.7. The van der Waals surface area contributed by atoms with Gasteiger partial charge in [-0.1, -0.05) is 18.2 Å². The summed E-state index contributed by atoms with van der Waals surface area (Å²) in [6, 6.07) is 4.80. The smallest absolute Gasteiger partial charge is 0.416 e. The van der Waals surface area contributed by atoms with E-state index in [1.807, 2.05) is 0 Å². The molecule has 1 saturated heterocycles. The molecule has 7 heteroatoms. The lowest BCUT2D eigenvalue weighted by molar-refractivity contribution is -0.139. The molecule has 0 radical (unpaired) electrons. The normalized spacial score (nSPS) is 19.0. The van der Waals surface area contributed by atoms with Gasteiger partial charge in [0.05, 0.1) is 12.0 Å². The van der Waals surface area contributed by atoms with Gasteiger partial charge in [0.25, 0.3) is 0 Å². The third-order valence-corrected chi connectivity index (χ3v) is 4.27. The molecule has 0 aliphatic carbocycles. The van der Waals surface area contributed by atoms with Crippen molar-refractivity contribution < 1.29 is 27.9 Å². The van der Waals surface area contributed by atoms with Crippen LogP contribution in [-0.2, 0) is 22.2 Å². The zero-order valence-electron chi connectivity index (χ0n) is 13.2. The van der Waals surface area contributed by atoms with E-state index in [0.717, 1.165) is 18.6 Å². The second kappa shape index (κ2) is 7.68. The number of amides is 1. The zero-order valence-corrected chi connectivity index (χ0v) is 13.2. The van der Waals surface area contributed by atoms with Gasteiger partial charge in [-0.05, 0) is 36.8 Å². The summed E-state index contributed by atoms with van der Waals surface area (Å²) in [5, 5.41) is 8.85. The standard InChI is InChI=1S/C17H20F3NO3/c18-17(19,20)14-5-1-3-13(9-14)10-15(22)21-7-2-4-12(6-8-21)11-16(23)24/h1,3,5,9,12H,2,4,6-8,10-11H2,(H,23,24). The number of hydrogen-bond donors (Lipinski definition) is 1. The van der Waals surface area contributed by atoms with Crippen LogP contribution in [0.3, 0.4) is 0 Å². The first kappa shape index (κ1) is 18.3. The maximum absolute atomic E-state index is 12.7. The fourth-order valence-electron chi connectivity index (χ4n) is 3.01. The van der Waals surface area contributed by atoms with Gasteiger partial charge in [-0.2, -0.15) is 13.2 Å². The third-order valence-electron chi connectivity index (χ3n) is 4.27. The predicted molar refractivity (Wildman–Crippen MR) is 81.3 cm³/mol. The van der Waals surface area contributed by atoms with Crippen molar-refractivity contribution in [2.45, 2.75) is 38.3 Å². The molecule has 0 aromatic heterocycles. The van der Waals surface area contributed by atoms with E-state index in [0.29, 0.717) is 31.5 Å². The molecule has 1 heterocycles. The van der Waals surface area contributed by atoms with Crippen LogP contribution in [0.1, 0.15) is 36.8 Å². The van der Waals surface area contributed by atoms with Gasteiger partial charge in [-0.3, -0.25) is 9.59 Å². The number of benzene rings is 1. The number of carbonyl (C=O) groups is 2. The summed E-state index contributed by atoms with van der Waals surface area (Å²) in [4.78, 5) is 24.7. The quantitative estimate of drug-likeness (QED) is 0.912. The van der Waals surface area contributed by atoms with Crippen LogP contribution in [0.15, 0.2) is 24.3 Å². The molecule has 1 amide bonds. The Morgan fingerprint density at radius 1 is 1.21 bits per heavy atom. The monoisotopic (exact) mass is 343 g/mol. The van der Waals surface area contributed by atoms with E-state index < -0.39 is 17.7 Å². The predicted octanol–water partition coefficient (Wildman–Crippen LogP) is 3.35. The van der Waals surface area contributed by atoms with Crippen molar-refractivity contribution >= 4 is 11.9 Å². The second-order valence-corrected chi connectivity index (χ2v) is 6.15. The van der Waals surface area contributed by atoms with Crippen LogP contribution in [0.5, 0.6) is 0 Å². The van der Waals surface area contributed by atoms with Crippen LogP contribution in [0.25, 0.3) is 0 Å². The number of carboxylic acid groups (broad SMARTS) is 1. The third kappa shape index (κ3) is 5.25. The summed E-state index contributed by atoms with van der Waals surface area (Å²) in [7, 11) is 0. The molecule has 24 heavy (non-hydrogen) atoms. The molecule has 1 N–H and O–H groups in total. The molecule has 1 aromatic rings. The molecule has 0 spiro atoms. The van der Waals surface area contributed by atoms with Crippen molar-refractivity contribution in [3.63, 3.8) is 0 Å². The lowest BCUT2D eigenvalue weighted by atomic mass is 9.97. The first-order valence-electron chi connectivity index (χ1n) is 7.91. The summed E-state index contributed by atoms with van der Waals surface area (Å²) in [5.74, 6) is -1.01. The Bertz CT molecular complexity index is 601. The van der Waals surface area contributed by atoms with Crippen LogP contribution >= 0.6 is 0 Å². The Labute approximate surface area is 138 Å². The van der Waals surface area contributed by atoms with Crippen LogP contribution in [0.4, 0.5) is 13.2 Å². The van der Waals surface area contributed by atoms with Gasteiger partial charge in [0.1, 0.15) is 0 Å². The van der Waals surface area contributed by atoms with E-state index in [1.165, 1.54) is 12.1 Å². The maximum Gasteiger partial charge on any atom is 0.416 e. The molecular formula is C17H20F3NO3. The van der Waals surface area contributed by atoms with Gasteiger partial charge in [-0.15, -0.1) is 0 Å². The highest BCUT2D eigenvalue weighted by Crippen LogP contribution is 2.29. The summed E-state index contributed by atoms with van der Waals surface area (Å²) in [6.45, 7) is 0.976. The Kier molecular flexibility index (Phi) is 5.85. The van der Waals surface area contributed by atoms with Crippen molar-refractivity contribution in [1.82, 2.24) is 4.90 Å². The van der Waals surface area contributed by atoms with E-state index in [4.69, 9.17) is 5.11 Å². The van der Waals surface area contributed by atoms with E-state index in [2.05, 4.69) is 0 Å². The number of halogens is 3. The second-order valence-electron chi connectivity index (χ2n) is 6.15. The molecule has 1 fully saturated rings. The molecule has 0 bridgehead atoms. The fraction of sp³-hybridized carbons (Fsp3) is 0.529. The van der Waals surface area contributed by atoms with Gasteiger partial charge < -0.3 is 10.0 Å². The molecule has 1 aliphatic rings. The summed E-state index contributed by atoms with van der Waals surface area (Å²) in [6.07, 6.45) is -2.33. The summed E-state index contributed by atoms with van der Waals surface area (Å²) in [5.41, 5.74) is -0.425. The van der Waals surface area contributed by atoms with Crippen molar-refractivity contribution in [2.75, 3.05) is 13.1 Å². The Hall–Kier alpha value is -2.05. The number of hydrogen-bond acceptors (Lipinski definition) is 2. The largest absolute Gasteiger partial charge is 0.481 e. The lowest BCUT2D eigenvalue weighted by Gasteiger charge is -2.21. The zero-order chi connectivity index (χ0) is 17.7. The average molecular weight is 343 g/mol. The fourth-order valence-corrected chi connectivity index (χ4v) is 3.01. The average Bonchev–Trinajstić information content (AvgIpc) is 2.71. The highest BCUT2D eigenvalue weighted by Gasteiger charge is 2.30. The molecule has 1 unspecified atom stereocenters. The Balaban J connectivity index is 1.96. The molecule has 1 aliphatic heterocycles. The molecule has 2 rings (SSSR count). The number of alkyl halides is 3. The van der Waals surface area contributed by atoms with E-state index in [9.17, 15) is 22.8 Å². The number of carboxylic acids is 1. The SMILES string of the molecule is O=C(O)CC1CCCN(C(=O)Cc2cccc(C(F)(F)F)c2)CC1. The number of aliphatic carboxylic acids is 1. The van der Waals surface area contributed by atoms with Gasteiger partial charge in [0.15, 0.2) is 0 Å². The van der Waals surface area contributed by atoms with Crippen LogP contribution in [-0.4, -0.2) is 35.0 Å². The summed E-state index contributed by atoms with van der Waals surface area (Å²) >= 11 is 0. The number of carbonyl (C=O) groups excluding carboxylic acids is 1. The minimum atomic E-state index is -4.42. The first-order valence-corrected chi connectivity index (χ1v) is 7.91. The van der Waals surface area contributed by atoms with E-state index >= 15 is 0 Å². The van der Waals surface area contributed by atoms with Gasteiger partial charge in [0, 0.05) is 19.5 Å². The molecule has 1 atom stereocenters. The highest BCUT2D eigenvalue weighted by molar-refractivity contribution is 5.78. The number of likely N-dealkylation sites (tertiary alicyclic amines) is 1. The van der Waals surface area contributed by atoms with Crippen molar-refractivity contribution in [1.29, 1.82) is 0 Å². The molecule has 132 valence electrons. The van der Waals surface area contributed by atoms with Gasteiger partial charge in [0.2, 0.25) is 5.91 Å². The molecular weight excluding hydrogens is 323 g/mol. The molecule has 0 saturated carbocycles. The number of nitrogens with zero attached hydrogens (tertiary/aromatic N) is 1. The van der Waals surface area contributed by atoms with Crippen LogP contribution in [0.2, 0.25) is 0 Å².